The lowest BCUT2D eigenvalue weighted by molar-refractivity contribution is -0.135. The molecule has 0 radical (unpaired) electrons. The van der Waals surface area contributed by atoms with Crippen LogP contribution in [-0.4, -0.2) is 48.9 Å². The molecule has 0 saturated carbocycles. The molecule has 2 N–H and O–H groups in total. The molecule has 5 nitrogen and oxygen atoms in total. The molecule has 138 valence electrons. The molecule has 2 amide bonds. The summed E-state index contributed by atoms with van der Waals surface area (Å²) in [5.41, 5.74) is 1.03. The number of piperidine rings is 2. The average Bonchev–Trinajstić information content (AvgIpc) is 2.63. The molecule has 2 aliphatic heterocycles. The van der Waals surface area contributed by atoms with Gasteiger partial charge in [-0.25, -0.2) is 0 Å². The average molecular weight is 366 g/mol. The van der Waals surface area contributed by atoms with Crippen molar-refractivity contribution in [1.29, 1.82) is 0 Å². The standard InChI is InChI=1S/C19H27N3O2.ClH/c23-18(12-15-6-2-1-3-7-15)22-11-5-8-16(14-22)19(24)21-17-9-4-10-20-13-17;/h1-3,6-7,16-17,20H,4-5,8-14H2,(H,21,24);1H. The number of hydrogen-bond donors (Lipinski definition) is 2. The van der Waals surface area contributed by atoms with E-state index in [9.17, 15) is 9.59 Å². The normalized spacial score (nSPS) is 23.4. The monoisotopic (exact) mass is 365 g/mol. The highest BCUT2D eigenvalue weighted by molar-refractivity contribution is 5.85. The smallest absolute Gasteiger partial charge is 0.227 e. The van der Waals surface area contributed by atoms with Crippen LogP contribution < -0.4 is 10.6 Å². The number of carbonyl (C=O) groups excluding carboxylic acids is 2. The molecule has 25 heavy (non-hydrogen) atoms. The van der Waals surface area contributed by atoms with E-state index in [1.165, 1.54) is 0 Å². The van der Waals surface area contributed by atoms with Gasteiger partial charge in [0.2, 0.25) is 11.8 Å². The van der Waals surface area contributed by atoms with Gasteiger partial charge in [-0.2, -0.15) is 0 Å². The first kappa shape index (κ1) is 19.7. The first-order valence-electron chi connectivity index (χ1n) is 9.05. The number of carbonyl (C=O) groups is 2. The van der Waals surface area contributed by atoms with Crippen molar-refractivity contribution in [1.82, 2.24) is 15.5 Å². The number of hydrogen-bond acceptors (Lipinski definition) is 3. The highest BCUT2D eigenvalue weighted by Crippen LogP contribution is 2.18. The van der Waals surface area contributed by atoms with E-state index in [1.807, 2.05) is 35.2 Å². The summed E-state index contributed by atoms with van der Waals surface area (Å²) in [6.07, 6.45) is 4.35. The zero-order valence-corrected chi connectivity index (χ0v) is 15.4. The van der Waals surface area contributed by atoms with E-state index in [4.69, 9.17) is 0 Å². The van der Waals surface area contributed by atoms with Crippen LogP contribution in [0.4, 0.5) is 0 Å². The third kappa shape index (κ3) is 5.72. The SMILES string of the molecule is Cl.O=C(NC1CCCNC1)C1CCCN(C(=O)Cc2ccccc2)C1. The second-order valence-corrected chi connectivity index (χ2v) is 6.89. The van der Waals surface area contributed by atoms with Gasteiger partial charge in [-0.05, 0) is 37.8 Å². The summed E-state index contributed by atoms with van der Waals surface area (Å²) in [6, 6.07) is 10.0. The Hall–Kier alpha value is -1.59. The van der Waals surface area contributed by atoms with Crippen LogP contribution in [0.3, 0.4) is 0 Å². The summed E-state index contributed by atoms with van der Waals surface area (Å²) in [5, 5.41) is 6.48. The molecule has 2 atom stereocenters. The fourth-order valence-electron chi connectivity index (χ4n) is 3.59. The van der Waals surface area contributed by atoms with E-state index in [1.54, 1.807) is 0 Å². The Labute approximate surface area is 155 Å². The summed E-state index contributed by atoms with van der Waals surface area (Å²) in [4.78, 5) is 26.9. The molecule has 0 aliphatic carbocycles. The minimum absolute atomic E-state index is 0. The minimum Gasteiger partial charge on any atom is -0.352 e. The molecule has 1 aromatic rings. The van der Waals surface area contributed by atoms with E-state index >= 15 is 0 Å². The molecule has 2 fully saturated rings. The zero-order valence-electron chi connectivity index (χ0n) is 14.6. The first-order valence-corrected chi connectivity index (χ1v) is 9.05. The molecule has 3 rings (SSSR count). The van der Waals surface area contributed by atoms with Crippen molar-refractivity contribution in [2.24, 2.45) is 5.92 Å². The van der Waals surface area contributed by atoms with Gasteiger partial charge >= 0.3 is 0 Å². The van der Waals surface area contributed by atoms with Crippen molar-refractivity contribution in [3.8, 4) is 0 Å². The maximum absolute atomic E-state index is 12.5. The maximum atomic E-state index is 12.5. The van der Waals surface area contributed by atoms with Crippen LogP contribution in [0.5, 0.6) is 0 Å². The second-order valence-electron chi connectivity index (χ2n) is 6.89. The van der Waals surface area contributed by atoms with Gasteiger partial charge in [0.15, 0.2) is 0 Å². The fourth-order valence-corrected chi connectivity index (χ4v) is 3.59. The minimum atomic E-state index is -0.0691. The van der Waals surface area contributed by atoms with Crippen LogP contribution in [0.1, 0.15) is 31.2 Å². The van der Waals surface area contributed by atoms with Gasteiger partial charge < -0.3 is 15.5 Å². The topological polar surface area (TPSA) is 61.4 Å². The van der Waals surface area contributed by atoms with Crippen molar-refractivity contribution in [3.05, 3.63) is 35.9 Å². The van der Waals surface area contributed by atoms with Gasteiger partial charge in [-0.3, -0.25) is 9.59 Å². The van der Waals surface area contributed by atoms with Crippen LogP contribution in [0.2, 0.25) is 0 Å². The van der Waals surface area contributed by atoms with Gasteiger partial charge in [-0.15, -0.1) is 12.4 Å². The Morgan fingerprint density at radius 1 is 1.16 bits per heavy atom. The Morgan fingerprint density at radius 3 is 2.68 bits per heavy atom. The van der Waals surface area contributed by atoms with Crippen LogP contribution in [-0.2, 0) is 16.0 Å². The van der Waals surface area contributed by atoms with Crippen LogP contribution in [0.25, 0.3) is 0 Å². The molecule has 0 bridgehead atoms. The van der Waals surface area contributed by atoms with E-state index in [0.717, 1.165) is 50.9 Å². The van der Waals surface area contributed by atoms with Crippen LogP contribution in [0.15, 0.2) is 30.3 Å². The fraction of sp³-hybridized carbons (Fsp3) is 0.579. The molecule has 2 aliphatic rings. The zero-order chi connectivity index (χ0) is 16.8. The molecule has 0 aromatic heterocycles. The molecule has 1 aromatic carbocycles. The highest BCUT2D eigenvalue weighted by atomic mass is 35.5. The molecule has 2 unspecified atom stereocenters. The van der Waals surface area contributed by atoms with Crippen LogP contribution in [0, 0.1) is 5.92 Å². The van der Waals surface area contributed by atoms with Gasteiger partial charge in [0, 0.05) is 25.7 Å². The third-order valence-electron chi connectivity index (χ3n) is 4.99. The number of amides is 2. The molecular weight excluding hydrogens is 338 g/mol. The number of likely N-dealkylation sites (tertiary alicyclic amines) is 1. The Bertz CT molecular complexity index is 561. The summed E-state index contributed by atoms with van der Waals surface area (Å²) >= 11 is 0. The molecule has 2 saturated heterocycles. The maximum Gasteiger partial charge on any atom is 0.227 e. The number of nitrogens with zero attached hydrogens (tertiary/aromatic N) is 1. The van der Waals surface area contributed by atoms with Crippen molar-refractivity contribution in [2.75, 3.05) is 26.2 Å². The van der Waals surface area contributed by atoms with E-state index in [0.29, 0.717) is 13.0 Å². The van der Waals surface area contributed by atoms with Crippen molar-refractivity contribution in [3.63, 3.8) is 0 Å². The number of rotatable bonds is 4. The van der Waals surface area contributed by atoms with Crippen molar-refractivity contribution in [2.45, 2.75) is 38.1 Å². The number of benzene rings is 1. The second kappa shape index (κ2) is 9.78. The van der Waals surface area contributed by atoms with Gasteiger partial charge in [0.25, 0.3) is 0 Å². The number of halogens is 1. The lowest BCUT2D eigenvalue weighted by Crippen LogP contribution is -2.51. The molecular formula is C19H28ClN3O2. The predicted molar refractivity (Wildman–Crippen MR) is 101 cm³/mol. The van der Waals surface area contributed by atoms with Crippen LogP contribution >= 0.6 is 12.4 Å². The summed E-state index contributed by atoms with van der Waals surface area (Å²) in [5.74, 6) is 0.166. The number of nitrogens with one attached hydrogen (secondary N) is 2. The lowest BCUT2D eigenvalue weighted by Gasteiger charge is -2.33. The summed E-state index contributed by atoms with van der Waals surface area (Å²) in [6.45, 7) is 3.21. The largest absolute Gasteiger partial charge is 0.352 e. The Morgan fingerprint density at radius 2 is 1.96 bits per heavy atom. The summed E-state index contributed by atoms with van der Waals surface area (Å²) in [7, 11) is 0. The Kier molecular flexibility index (Phi) is 7.72. The third-order valence-corrected chi connectivity index (χ3v) is 4.99. The predicted octanol–water partition coefficient (Wildman–Crippen LogP) is 1.76. The van der Waals surface area contributed by atoms with E-state index in [-0.39, 0.29) is 36.2 Å². The Balaban J connectivity index is 0.00000225. The summed E-state index contributed by atoms with van der Waals surface area (Å²) < 4.78 is 0. The van der Waals surface area contributed by atoms with E-state index < -0.39 is 0 Å². The van der Waals surface area contributed by atoms with Gasteiger partial charge in [-0.1, -0.05) is 30.3 Å². The van der Waals surface area contributed by atoms with Crippen molar-refractivity contribution >= 4 is 24.2 Å². The van der Waals surface area contributed by atoms with E-state index in [2.05, 4.69) is 10.6 Å². The molecule has 2 heterocycles. The van der Waals surface area contributed by atoms with Gasteiger partial charge in [0.05, 0.1) is 12.3 Å². The molecule has 6 heteroatoms. The molecule has 0 spiro atoms. The highest BCUT2D eigenvalue weighted by Gasteiger charge is 2.29. The van der Waals surface area contributed by atoms with Crippen molar-refractivity contribution < 1.29 is 9.59 Å². The lowest BCUT2D eigenvalue weighted by atomic mass is 9.95. The quantitative estimate of drug-likeness (QED) is 0.854. The van der Waals surface area contributed by atoms with Gasteiger partial charge in [0.1, 0.15) is 0 Å². The first-order chi connectivity index (χ1) is 11.7.